The molecule has 0 aliphatic heterocycles. The Labute approximate surface area is 113 Å². The normalized spacial score (nSPS) is 13.7. The van der Waals surface area contributed by atoms with Crippen LogP contribution in [0.4, 0.5) is 0 Å². The minimum atomic E-state index is -1.11. The molecule has 0 rings (SSSR count). The first-order chi connectivity index (χ1) is 9.06. The Morgan fingerprint density at radius 2 is 1.68 bits per heavy atom. The maximum Gasteiger partial charge on any atom is 0.313 e. The van der Waals surface area contributed by atoms with Crippen molar-refractivity contribution in [2.24, 2.45) is 5.92 Å². The van der Waals surface area contributed by atoms with Crippen LogP contribution in [0.5, 0.6) is 0 Å². The summed E-state index contributed by atoms with van der Waals surface area (Å²) in [4.78, 5) is 22.8. The smallest absolute Gasteiger partial charge is 0.313 e. The van der Waals surface area contributed by atoms with Gasteiger partial charge in [0.2, 0.25) is 0 Å². The molecule has 0 aromatic heterocycles. The average Bonchev–Trinajstić information content (AvgIpc) is 2.41. The first kappa shape index (κ1) is 17.9. The highest BCUT2D eigenvalue weighted by Crippen LogP contribution is 2.12. The van der Waals surface area contributed by atoms with Gasteiger partial charge in [-0.25, -0.2) is 0 Å². The third-order valence-corrected chi connectivity index (χ3v) is 2.52. The molecule has 2 N–H and O–H groups in total. The van der Waals surface area contributed by atoms with Crippen LogP contribution >= 0.6 is 0 Å². The van der Waals surface area contributed by atoms with Gasteiger partial charge in [0, 0.05) is 6.42 Å². The summed E-state index contributed by atoms with van der Waals surface area (Å²) in [5, 5.41) is 18.9. The molecule has 0 fully saturated rings. The van der Waals surface area contributed by atoms with Gasteiger partial charge in [0.15, 0.2) is 0 Å². The zero-order valence-corrected chi connectivity index (χ0v) is 11.6. The zero-order chi connectivity index (χ0) is 14.7. The van der Waals surface area contributed by atoms with E-state index < -0.39 is 30.6 Å². The Morgan fingerprint density at radius 1 is 1.11 bits per heavy atom. The van der Waals surface area contributed by atoms with Crippen LogP contribution in [-0.2, 0) is 19.1 Å². The van der Waals surface area contributed by atoms with Crippen LogP contribution in [0, 0.1) is 5.92 Å². The molecule has 2 atom stereocenters. The van der Waals surface area contributed by atoms with Crippen molar-refractivity contribution in [3.63, 3.8) is 0 Å². The second-order valence-corrected chi connectivity index (χ2v) is 4.28. The van der Waals surface area contributed by atoms with E-state index in [4.69, 9.17) is 14.6 Å². The van der Waals surface area contributed by atoms with Crippen LogP contribution < -0.4 is 0 Å². The van der Waals surface area contributed by atoms with E-state index in [9.17, 15) is 14.7 Å². The second kappa shape index (κ2) is 10.8. The Hall–Kier alpha value is -1.14. The number of ether oxygens (including phenoxy) is 2. The maximum absolute atomic E-state index is 11.5. The van der Waals surface area contributed by atoms with E-state index in [1.165, 1.54) is 0 Å². The fourth-order valence-electron chi connectivity index (χ4n) is 1.42. The SMILES string of the molecule is CCCOC(=O)CCC(O)C(CO)C(=O)OCCC. The molecule has 2 unspecified atom stereocenters. The van der Waals surface area contributed by atoms with E-state index in [-0.39, 0.29) is 19.4 Å². The molecule has 0 amide bonds. The Bertz CT molecular complexity index is 266. The van der Waals surface area contributed by atoms with Crippen molar-refractivity contribution in [3.05, 3.63) is 0 Å². The van der Waals surface area contributed by atoms with Crippen LogP contribution in [-0.4, -0.2) is 48.1 Å². The van der Waals surface area contributed by atoms with Gasteiger partial charge in [0.05, 0.1) is 25.9 Å². The van der Waals surface area contributed by atoms with Gasteiger partial charge in [-0.2, -0.15) is 0 Å². The van der Waals surface area contributed by atoms with Crippen molar-refractivity contribution in [3.8, 4) is 0 Å². The fourth-order valence-corrected chi connectivity index (χ4v) is 1.42. The lowest BCUT2D eigenvalue weighted by Gasteiger charge is -2.19. The summed E-state index contributed by atoms with van der Waals surface area (Å²) in [5.74, 6) is -2.07. The van der Waals surface area contributed by atoms with Crippen LogP contribution in [0.25, 0.3) is 0 Å². The van der Waals surface area contributed by atoms with E-state index in [1.807, 2.05) is 13.8 Å². The minimum Gasteiger partial charge on any atom is -0.466 e. The molecule has 0 saturated heterocycles. The van der Waals surface area contributed by atoms with Gasteiger partial charge in [0.25, 0.3) is 0 Å². The number of rotatable bonds is 10. The summed E-state index contributed by atoms with van der Waals surface area (Å²) in [6.45, 7) is 3.82. The molecule has 6 nitrogen and oxygen atoms in total. The van der Waals surface area contributed by atoms with Gasteiger partial charge in [-0.3, -0.25) is 9.59 Å². The molecule has 0 aromatic carbocycles. The second-order valence-electron chi connectivity index (χ2n) is 4.28. The summed E-state index contributed by atoms with van der Waals surface area (Å²) in [6.07, 6.45) is 0.372. The third kappa shape index (κ3) is 7.79. The van der Waals surface area contributed by atoms with E-state index in [0.29, 0.717) is 13.0 Å². The molecule has 0 spiro atoms. The molecule has 19 heavy (non-hydrogen) atoms. The standard InChI is InChI=1S/C13H24O6/c1-3-7-18-12(16)6-5-11(15)10(9-14)13(17)19-8-4-2/h10-11,14-15H,3-9H2,1-2H3. The fraction of sp³-hybridized carbons (Fsp3) is 0.846. The predicted octanol–water partition coefficient (Wildman–Crippen LogP) is 0.642. The number of carbonyl (C=O) groups excluding carboxylic acids is 2. The lowest BCUT2D eigenvalue weighted by Crippen LogP contribution is -2.33. The summed E-state index contributed by atoms with van der Waals surface area (Å²) in [6, 6.07) is 0. The molecule has 0 saturated carbocycles. The third-order valence-electron chi connectivity index (χ3n) is 2.52. The number of aliphatic hydroxyl groups excluding tert-OH is 2. The topological polar surface area (TPSA) is 93.1 Å². The van der Waals surface area contributed by atoms with E-state index >= 15 is 0 Å². The lowest BCUT2D eigenvalue weighted by molar-refractivity contribution is -0.156. The maximum atomic E-state index is 11.5. The Kier molecular flexibility index (Phi) is 10.1. The minimum absolute atomic E-state index is 0.0126. The predicted molar refractivity (Wildman–Crippen MR) is 68.3 cm³/mol. The van der Waals surface area contributed by atoms with Gasteiger partial charge in [-0.05, 0) is 19.3 Å². The van der Waals surface area contributed by atoms with Crippen molar-refractivity contribution in [2.45, 2.75) is 45.6 Å². The summed E-state index contributed by atoms with van der Waals surface area (Å²) in [7, 11) is 0. The first-order valence-electron chi connectivity index (χ1n) is 6.67. The van der Waals surface area contributed by atoms with Crippen LogP contribution in [0.15, 0.2) is 0 Å². The first-order valence-corrected chi connectivity index (χ1v) is 6.67. The average molecular weight is 276 g/mol. The number of hydrogen-bond acceptors (Lipinski definition) is 6. The van der Waals surface area contributed by atoms with Gasteiger partial charge in [-0.1, -0.05) is 13.8 Å². The molecule has 0 aliphatic rings. The van der Waals surface area contributed by atoms with Crippen molar-refractivity contribution in [2.75, 3.05) is 19.8 Å². The van der Waals surface area contributed by atoms with Crippen molar-refractivity contribution < 1.29 is 29.3 Å². The summed E-state index contributed by atoms with van der Waals surface area (Å²) in [5.41, 5.74) is 0. The molecule has 6 heteroatoms. The van der Waals surface area contributed by atoms with Crippen LogP contribution in [0.1, 0.15) is 39.5 Å². The van der Waals surface area contributed by atoms with Gasteiger partial charge >= 0.3 is 11.9 Å². The highest BCUT2D eigenvalue weighted by atomic mass is 16.5. The molecular weight excluding hydrogens is 252 g/mol. The van der Waals surface area contributed by atoms with Crippen molar-refractivity contribution in [1.29, 1.82) is 0 Å². The summed E-state index contributed by atoms with van der Waals surface area (Å²) < 4.78 is 9.71. The highest BCUT2D eigenvalue weighted by molar-refractivity contribution is 5.73. The number of hydrogen-bond donors (Lipinski definition) is 2. The van der Waals surface area contributed by atoms with Gasteiger partial charge in [-0.15, -0.1) is 0 Å². The lowest BCUT2D eigenvalue weighted by atomic mass is 9.99. The van der Waals surface area contributed by atoms with Gasteiger partial charge in [0.1, 0.15) is 5.92 Å². The quantitative estimate of drug-likeness (QED) is 0.569. The monoisotopic (exact) mass is 276 g/mol. The molecule has 0 heterocycles. The van der Waals surface area contributed by atoms with Crippen molar-refractivity contribution >= 4 is 11.9 Å². The van der Waals surface area contributed by atoms with Crippen molar-refractivity contribution in [1.82, 2.24) is 0 Å². The van der Waals surface area contributed by atoms with E-state index in [1.54, 1.807) is 0 Å². The number of carbonyl (C=O) groups is 2. The molecule has 112 valence electrons. The van der Waals surface area contributed by atoms with Crippen LogP contribution in [0.3, 0.4) is 0 Å². The molecule has 0 radical (unpaired) electrons. The van der Waals surface area contributed by atoms with E-state index in [2.05, 4.69) is 0 Å². The van der Waals surface area contributed by atoms with Gasteiger partial charge < -0.3 is 19.7 Å². The molecular formula is C13H24O6. The van der Waals surface area contributed by atoms with E-state index in [0.717, 1.165) is 6.42 Å². The molecule has 0 aliphatic carbocycles. The molecule has 0 aromatic rings. The Morgan fingerprint density at radius 3 is 2.21 bits per heavy atom. The largest absolute Gasteiger partial charge is 0.466 e. The molecule has 0 bridgehead atoms. The number of esters is 2. The highest BCUT2D eigenvalue weighted by Gasteiger charge is 2.28. The number of aliphatic hydroxyl groups is 2. The zero-order valence-electron chi connectivity index (χ0n) is 11.6. The van der Waals surface area contributed by atoms with Crippen LogP contribution in [0.2, 0.25) is 0 Å². The summed E-state index contributed by atoms with van der Waals surface area (Å²) >= 11 is 0. The Balaban J connectivity index is 4.09.